The van der Waals surface area contributed by atoms with Gasteiger partial charge in [-0.2, -0.15) is 0 Å². The van der Waals surface area contributed by atoms with E-state index >= 15 is 0 Å². The van der Waals surface area contributed by atoms with E-state index in [1.165, 1.54) is 11.1 Å². The molecule has 1 atom stereocenters. The van der Waals surface area contributed by atoms with Crippen LogP contribution in [0.4, 0.5) is 5.69 Å². The summed E-state index contributed by atoms with van der Waals surface area (Å²) in [5, 5.41) is 3.05. The first kappa shape index (κ1) is 19.2. The first-order valence-corrected chi connectivity index (χ1v) is 9.56. The fraction of sp³-hybridized carbons (Fsp3) is 0.348. The van der Waals surface area contributed by atoms with E-state index in [1.54, 1.807) is 6.08 Å². The van der Waals surface area contributed by atoms with Crippen LogP contribution in [0.5, 0.6) is 5.75 Å². The molecule has 142 valence electrons. The number of ether oxygens (including phenoxy) is 1. The SMILES string of the molecule is C=CCOc1cccc(NC(=O)C2CCCN(Cc3ccc(C)cc3)C2)c1. The second-order valence-corrected chi connectivity index (χ2v) is 7.18. The highest BCUT2D eigenvalue weighted by atomic mass is 16.5. The minimum Gasteiger partial charge on any atom is -0.489 e. The number of amides is 1. The first-order chi connectivity index (χ1) is 13.1. The van der Waals surface area contributed by atoms with E-state index in [0.717, 1.165) is 43.9 Å². The van der Waals surface area contributed by atoms with Gasteiger partial charge >= 0.3 is 0 Å². The molecule has 0 aliphatic carbocycles. The summed E-state index contributed by atoms with van der Waals surface area (Å²) in [6.45, 7) is 8.94. The van der Waals surface area contributed by atoms with Crippen LogP contribution < -0.4 is 10.1 Å². The molecule has 1 unspecified atom stereocenters. The number of likely N-dealkylation sites (tertiary alicyclic amines) is 1. The Labute approximate surface area is 161 Å². The summed E-state index contributed by atoms with van der Waals surface area (Å²) in [6.07, 6.45) is 3.69. The normalized spacial score (nSPS) is 17.3. The van der Waals surface area contributed by atoms with Gasteiger partial charge in [0.15, 0.2) is 0 Å². The lowest BCUT2D eigenvalue weighted by Crippen LogP contribution is -2.40. The lowest BCUT2D eigenvalue weighted by Gasteiger charge is -2.32. The van der Waals surface area contributed by atoms with E-state index < -0.39 is 0 Å². The largest absolute Gasteiger partial charge is 0.489 e. The van der Waals surface area contributed by atoms with Gasteiger partial charge in [-0.3, -0.25) is 9.69 Å². The van der Waals surface area contributed by atoms with Crippen molar-refractivity contribution in [1.82, 2.24) is 4.90 Å². The minimum atomic E-state index is 0.0157. The van der Waals surface area contributed by atoms with Crippen molar-refractivity contribution in [2.24, 2.45) is 5.92 Å². The maximum Gasteiger partial charge on any atom is 0.228 e. The summed E-state index contributed by atoms with van der Waals surface area (Å²) in [6, 6.07) is 16.2. The number of aryl methyl sites for hydroxylation is 1. The summed E-state index contributed by atoms with van der Waals surface area (Å²) < 4.78 is 5.54. The van der Waals surface area contributed by atoms with Crippen LogP contribution in [-0.4, -0.2) is 30.5 Å². The number of nitrogens with one attached hydrogen (secondary N) is 1. The number of rotatable bonds is 7. The summed E-state index contributed by atoms with van der Waals surface area (Å²) >= 11 is 0. The van der Waals surface area contributed by atoms with Crippen LogP contribution in [0.2, 0.25) is 0 Å². The van der Waals surface area contributed by atoms with Gasteiger partial charge in [0.05, 0.1) is 5.92 Å². The quantitative estimate of drug-likeness (QED) is 0.740. The standard InChI is InChI=1S/C23H28N2O2/c1-3-14-27-22-8-4-7-21(15-22)24-23(26)20-6-5-13-25(17-20)16-19-11-9-18(2)10-12-19/h3-4,7-12,15,20H,1,5-6,13-14,16-17H2,2H3,(H,24,26). The molecule has 2 aromatic rings. The third-order valence-corrected chi connectivity index (χ3v) is 4.87. The van der Waals surface area contributed by atoms with Gasteiger partial charge in [-0.15, -0.1) is 0 Å². The molecule has 0 saturated carbocycles. The molecule has 27 heavy (non-hydrogen) atoms. The zero-order valence-electron chi connectivity index (χ0n) is 16.0. The first-order valence-electron chi connectivity index (χ1n) is 9.56. The van der Waals surface area contributed by atoms with Crippen molar-refractivity contribution in [3.05, 3.63) is 72.3 Å². The predicted octanol–water partition coefficient (Wildman–Crippen LogP) is 4.41. The molecule has 1 saturated heterocycles. The molecule has 4 heteroatoms. The van der Waals surface area contributed by atoms with Gasteiger partial charge in [0, 0.05) is 24.8 Å². The fourth-order valence-electron chi connectivity index (χ4n) is 3.43. The van der Waals surface area contributed by atoms with Crippen molar-refractivity contribution in [3.63, 3.8) is 0 Å². The van der Waals surface area contributed by atoms with Crippen LogP contribution in [0.25, 0.3) is 0 Å². The lowest BCUT2D eigenvalue weighted by molar-refractivity contribution is -0.121. The third-order valence-electron chi connectivity index (χ3n) is 4.87. The van der Waals surface area contributed by atoms with Crippen molar-refractivity contribution in [2.45, 2.75) is 26.3 Å². The van der Waals surface area contributed by atoms with Crippen LogP contribution in [0.15, 0.2) is 61.2 Å². The number of piperidine rings is 1. The van der Waals surface area contributed by atoms with Crippen molar-refractivity contribution >= 4 is 11.6 Å². The second-order valence-electron chi connectivity index (χ2n) is 7.18. The molecule has 3 rings (SSSR count). The topological polar surface area (TPSA) is 41.6 Å². The Morgan fingerprint density at radius 3 is 2.89 bits per heavy atom. The van der Waals surface area contributed by atoms with Crippen molar-refractivity contribution in [3.8, 4) is 5.75 Å². The monoisotopic (exact) mass is 364 g/mol. The van der Waals surface area contributed by atoms with Crippen molar-refractivity contribution < 1.29 is 9.53 Å². The minimum absolute atomic E-state index is 0.0157. The molecule has 1 amide bonds. The van der Waals surface area contributed by atoms with Crippen LogP contribution in [0, 0.1) is 12.8 Å². The van der Waals surface area contributed by atoms with Crippen LogP contribution >= 0.6 is 0 Å². The fourth-order valence-corrected chi connectivity index (χ4v) is 3.43. The van der Waals surface area contributed by atoms with Crippen molar-refractivity contribution in [1.29, 1.82) is 0 Å². The number of benzene rings is 2. The Morgan fingerprint density at radius 1 is 1.30 bits per heavy atom. The zero-order chi connectivity index (χ0) is 19.1. The summed E-state index contributed by atoms with van der Waals surface area (Å²) in [5.41, 5.74) is 3.35. The van der Waals surface area contributed by atoms with E-state index in [9.17, 15) is 4.79 Å². The summed E-state index contributed by atoms with van der Waals surface area (Å²) in [7, 11) is 0. The zero-order valence-corrected chi connectivity index (χ0v) is 16.0. The van der Waals surface area contributed by atoms with Gasteiger partial charge in [-0.05, 0) is 44.0 Å². The predicted molar refractivity (Wildman–Crippen MR) is 110 cm³/mol. The highest BCUT2D eigenvalue weighted by molar-refractivity contribution is 5.92. The Bertz CT molecular complexity index is 770. The molecule has 1 aliphatic rings. The second kappa shape index (κ2) is 9.38. The average molecular weight is 364 g/mol. The third kappa shape index (κ3) is 5.69. The van der Waals surface area contributed by atoms with E-state index in [1.807, 2.05) is 24.3 Å². The van der Waals surface area contributed by atoms with Gasteiger partial charge in [0.2, 0.25) is 5.91 Å². The van der Waals surface area contributed by atoms with E-state index in [-0.39, 0.29) is 11.8 Å². The van der Waals surface area contributed by atoms with E-state index in [4.69, 9.17) is 4.74 Å². The molecule has 1 N–H and O–H groups in total. The summed E-state index contributed by atoms with van der Waals surface area (Å²) in [5.74, 6) is 0.837. The van der Waals surface area contributed by atoms with Gasteiger partial charge < -0.3 is 10.1 Å². The number of hydrogen-bond acceptors (Lipinski definition) is 3. The Balaban J connectivity index is 1.56. The maximum absolute atomic E-state index is 12.7. The number of carbonyl (C=O) groups is 1. The molecule has 4 nitrogen and oxygen atoms in total. The van der Waals surface area contributed by atoms with Gasteiger partial charge in [0.1, 0.15) is 12.4 Å². The number of hydrogen-bond donors (Lipinski definition) is 1. The number of nitrogens with zero attached hydrogens (tertiary/aromatic N) is 1. The molecule has 1 fully saturated rings. The lowest BCUT2D eigenvalue weighted by atomic mass is 9.96. The molecule has 0 radical (unpaired) electrons. The molecule has 1 heterocycles. The van der Waals surface area contributed by atoms with Crippen LogP contribution in [0.1, 0.15) is 24.0 Å². The summed E-state index contributed by atoms with van der Waals surface area (Å²) in [4.78, 5) is 15.1. The van der Waals surface area contributed by atoms with Crippen molar-refractivity contribution in [2.75, 3.05) is 25.0 Å². The molecular weight excluding hydrogens is 336 g/mol. The van der Waals surface area contributed by atoms with Crippen LogP contribution in [-0.2, 0) is 11.3 Å². The highest BCUT2D eigenvalue weighted by Gasteiger charge is 2.25. The van der Waals surface area contributed by atoms with E-state index in [0.29, 0.717) is 6.61 Å². The smallest absolute Gasteiger partial charge is 0.228 e. The number of anilines is 1. The van der Waals surface area contributed by atoms with Gasteiger partial charge in [0.25, 0.3) is 0 Å². The highest BCUT2D eigenvalue weighted by Crippen LogP contribution is 2.22. The molecular formula is C23H28N2O2. The average Bonchev–Trinajstić information content (AvgIpc) is 2.69. The molecule has 0 bridgehead atoms. The van der Waals surface area contributed by atoms with Crippen LogP contribution in [0.3, 0.4) is 0 Å². The van der Waals surface area contributed by atoms with Gasteiger partial charge in [-0.25, -0.2) is 0 Å². The molecule has 0 spiro atoms. The van der Waals surface area contributed by atoms with Gasteiger partial charge in [-0.1, -0.05) is 48.6 Å². The molecule has 0 aromatic heterocycles. The molecule has 2 aromatic carbocycles. The maximum atomic E-state index is 12.7. The Hall–Kier alpha value is -2.59. The van der Waals surface area contributed by atoms with E-state index in [2.05, 4.69) is 48.0 Å². The number of carbonyl (C=O) groups excluding carboxylic acids is 1. The Morgan fingerprint density at radius 2 is 2.11 bits per heavy atom. The molecule has 1 aliphatic heterocycles. The Kier molecular flexibility index (Phi) is 6.66.